The first kappa shape index (κ1) is 22.8. The van der Waals surface area contributed by atoms with E-state index in [4.69, 9.17) is 4.74 Å². The number of benzene rings is 2. The van der Waals surface area contributed by atoms with Gasteiger partial charge in [0, 0.05) is 48.7 Å². The molecule has 3 amide bonds. The standard InChI is InChI=1S/C25H30N4O4/c30-23(28-21-6-3-5-19(15-21)25(32)29-12-1-2-13-29)17-26-20-10-8-18(9-11-20)24(31)27-16-22-7-4-14-33-22/h3,5-6,8-11,15,22,26H,1-2,4,7,12-14,16-17H2,(H,27,31)(H,28,30). The monoisotopic (exact) mass is 450 g/mol. The van der Waals surface area contributed by atoms with Gasteiger partial charge >= 0.3 is 0 Å². The largest absolute Gasteiger partial charge is 0.376 e. The van der Waals surface area contributed by atoms with Crippen LogP contribution in [0.2, 0.25) is 0 Å². The summed E-state index contributed by atoms with van der Waals surface area (Å²) in [6, 6.07) is 14.0. The fourth-order valence-corrected chi connectivity index (χ4v) is 4.07. The maximum atomic E-state index is 12.5. The molecule has 4 rings (SSSR count). The SMILES string of the molecule is O=C(CNc1ccc(C(=O)NCC2CCCO2)cc1)Nc1cccc(C(=O)N2CCCC2)c1. The van der Waals surface area contributed by atoms with Crippen LogP contribution in [-0.2, 0) is 9.53 Å². The van der Waals surface area contributed by atoms with Crippen LogP contribution >= 0.6 is 0 Å². The topological polar surface area (TPSA) is 99.8 Å². The van der Waals surface area contributed by atoms with Gasteiger partial charge in [-0.1, -0.05) is 6.07 Å². The second kappa shape index (κ2) is 11.0. The molecule has 0 aliphatic carbocycles. The van der Waals surface area contributed by atoms with Crippen molar-refractivity contribution in [2.24, 2.45) is 0 Å². The van der Waals surface area contributed by atoms with Crippen molar-refractivity contribution in [1.82, 2.24) is 10.2 Å². The molecule has 0 spiro atoms. The lowest BCUT2D eigenvalue weighted by molar-refractivity contribution is -0.114. The summed E-state index contributed by atoms with van der Waals surface area (Å²) < 4.78 is 5.52. The zero-order chi connectivity index (χ0) is 23.0. The third-order valence-electron chi connectivity index (χ3n) is 5.90. The predicted molar refractivity (Wildman–Crippen MR) is 126 cm³/mol. The van der Waals surface area contributed by atoms with Crippen LogP contribution < -0.4 is 16.0 Å². The second-order valence-electron chi connectivity index (χ2n) is 8.40. The molecule has 1 atom stereocenters. The molecular weight excluding hydrogens is 420 g/mol. The maximum absolute atomic E-state index is 12.5. The molecule has 1 unspecified atom stereocenters. The molecule has 2 aromatic carbocycles. The molecule has 0 saturated carbocycles. The highest BCUT2D eigenvalue weighted by Crippen LogP contribution is 2.17. The highest BCUT2D eigenvalue weighted by atomic mass is 16.5. The fraction of sp³-hybridized carbons (Fsp3) is 0.400. The van der Waals surface area contributed by atoms with Crippen molar-refractivity contribution in [3.8, 4) is 0 Å². The van der Waals surface area contributed by atoms with Crippen LogP contribution in [0.3, 0.4) is 0 Å². The summed E-state index contributed by atoms with van der Waals surface area (Å²) in [4.78, 5) is 39.0. The molecule has 2 aliphatic rings. The van der Waals surface area contributed by atoms with Crippen molar-refractivity contribution in [1.29, 1.82) is 0 Å². The van der Waals surface area contributed by atoms with Crippen molar-refractivity contribution in [2.45, 2.75) is 31.8 Å². The van der Waals surface area contributed by atoms with E-state index in [1.807, 2.05) is 4.90 Å². The van der Waals surface area contributed by atoms with Crippen molar-refractivity contribution in [3.05, 3.63) is 59.7 Å². The van der Waals surface area contributed by atoms with E-state index < -0.39 is 0 Å². The molecule has 8 heteroatoms. The number of carbonyl (C=O) groups is 3. The summed E-state index contributed by atoms with van der Waals surface area (Å²) in [5, 5.41) is 8.77. The first-order chi connectivity index (χ1) is 16.1. The number of nitrogens with zero attached hydrogens (tertiary/aromatic N) is 1. The number of ether oxygens (including phenoxy) is 1. The Kier molecular flexibility index (Phi) is 7.57. The van der Waals surface area contributed by atoms with Gasteiger partial charge in [0.25, 0.3) is 11.8 Å². The van der Waals surface area contributed by atoms with Crippen molar-refractivity contribution in [2.75, 3.05) is 43.4 Å². The van der Waals surface area contributed by atoms with Gasteiger partial charge in [-0.3, -0.25) is 14.4 Å². The lowest BCUT2D eigenvalue weighted by atomic mass is 10.1. The summed E-state index contributed by atoms with van der Waals surface area (Å²) in [5.41, 5.74) is 2.46. The molecule has 8 nitrogen and oxygen atoms in total. The molecule has 2 saturated heterocycles. The Labute approximate surface area is 193 Å². The molecule has 2 aromatic rings. The second-order valence-corrected chi connectivity index (χ2v) is 8.40. The first-order valence-corrected chi connectivity index (χ1v) is 11.5. The molecule has 2 aliphatic heterocycles. The number of hydrogen-bond donors (Lipinski definition) is 3. The molecule has 174 valence electrons. The summed E-state index contributed by atoms with van der Waals surface area (Å²) in [6.07, 6.45) is 4.19. The van der Waals surface area contributed by atoms with Gasteiger partial charge in [-0.15, -0.1) is 0 Å². The number of likely N-dealkylation sites (tertiary alicyclic amines) is 1. The number of rotatable bonds is 8. The minimum absolute atomic E-state index is 0.00150. The van der Waals surface area contributed by atoms with Gasteiger partial charge in [0.2, 0.25) is 5.91 Å². The summed E-state index contributed by atoms with van der Waals surface area (Å²) in [6.45, 7) is 2.92. The van der Waals surface area contributed by atoms with Gasteiger partial charge in [-0.25, -0.2) is 0 Å². The Bertz CT molecular complexity index is 980. The minimum Gasteiger partial charge on any atom is -0.376 e. The number of carbonyl (C=O) groups excluding carboxylic acids is 3. The molecule has 3 N–H and O–H groups in total. The number of amides is 3. The molecule has 2 heterocycles. The Balaban J connectivity index is 1.23. The highest BCUT2D eigenvalue weighted by Gasteiger charge is 2.20. The van der Waals surface area contributed by atoms with Crippen molar-refractivity contribution < 1.29 is 19.1 Å². The van der Waals surface area contributed by atoms with E-state index in [9.17, 15) is 14.4 Å². The molecular formula is C25H30N4O4. The molecule has 0 bridgehead atoms. The summed E-state index contributed by atoms with van der Waals surface area (Å²) in [7, 11) is 0. The Hall–Kier alpha value is -3.39. The van der Waals surface area contributed by atoms with E-state index >= 15 is 0 Å². The molecule has 0 radical (unpaired) electrons. The van der Waals surface area contributed by atoms with Crippen LogP contribution in [0.25, 0.3) is 0 Å². The van der Waals surface area contributed by atoms with Gasteiger partial charge in [-0.05, 0) is 68.1 Å². The van der Waals surface area contributed by atoms with E-state index in [2.05, 4.69) is 16.0 Å². The fourth-order valence-electron chi connectivity index (χ4n) is 4.07. The van der Waals surface area contributed by atoms with Crippen LogP contribution in [0.4, 0.5) is 11.4 Å². The number of nitrogens with one attached hydrogen (secondary N) is 3. The average Bonchev–Trinajstić information content (AvgIpc) is 3.56. The normalized spacial score (nSPS) is 17.6. The van der Waals surface area contributed by atoms with E-state index in [1.54, 1.807) is 48.5 Å². The van der Waals surface area contributed by atoms with Crippen LogP contribution in [-0.4, -0.2) is 61.5 Å². The third-order valence-corrected chi connectivity index (χ3v) is 5.90. The van der Waals surface area contributed by atoms with Gasteiger partial charge in [0.1, 0.15) is 0 Å². The number of anilines is 2. The van der Waals surface area contributed by atoms with Crippen LogP contribution in [0.1, 0.15) is 46.4 Å². The van der Waals surface area contributed by atoms with E-state index in [0.29, 0.717) is 23.4 Å². The Morgan fingerprint density at radius 2 is 1.73 bits per heavy atom. The lowest BCUT2D eigenvalue weighted by Crippen LogP contribution is -2.31. The third kappa shape index (κ3) is 6.32. The predicted octanol–water partition coefficient (Wildman–Crippen LogP) is 2.88. The lowest BCUT2D eigenvalue weighted by Gasteiger charge is -2.16. The van der Waals surface area contributed by atoms with Crippen molar-refractivity contribution >= 4 is 29.1 Å². The van der Waals surface area contributed by atoms with Gasteiger partial charge in [-0.2, -0.15) is 0 Å². The number of hydrogen-bond acceptors (Lipinski definition) is 5. The highest BCUT2D eigenvalue weighted by molar-refractivity contribution is 5.98. The Morgan fingerprint density at radius 1 is 0.939 bits per heavy atom. The quantitative estimate of drug-likeness (QED) is 0.574. The maximum Gasteiger partial charge on any atom is 0.253 e. The first-order valence-electron chi connectivity index (χ1n) is 11.5. The van der Waals surface area contributed by atoms with Gasteiger partial charge in [0.15, 0.2) is 0 Å². The smallest absolute Gasteiger partial charge is 0.253 e. The van der Waals surface area contributed by atoms with Gasteiger partial charge < -0.3 is 25.6 Å². The van der Waals surface area contributed by atoms with Crippen LogP contribution in [0.15, 0.2) is 48.5 Å². The van der Waals surface area contributed by atoms with Gasteiger partial charge in [0.05, 0.1) is 12.6 Å². The van der Waals surface area contributed by atoms with E-state index in [0.717, 1.165) is 51.1 Å². The summed E-state index contributed by atoms with van der Waals surface area (Å²) >= 11 is 0. The zero-order valence-electron chi connectivity index (χ0n) is 18.6. The molecule has 33 heavy (non-hydrogen) atoms. The minimum atomic E-state index is -0.223. The van der Waals surface area contributed by atoms with Crippen LogP contribution in [0, 0.1) is 0 Å². The zero-order valence-corrected chi connectivity index (χ0v) is 18.6. The average molecular weight is 451 g/mol. The van der Waals surface area contributed by atoms with Crippen LogP contribution in [0.5, 0.6) is 0 Å². The Morgan fingerprint density at radius 3 is 2.45 bits per heavy atom. The molecule has 2 fully saturated rings. The van der Waals surface area contributed by atoms with E-state index in [-0.39, 0.29) is 30.4 Å². The molecule has 0 aromatic heterocycles. The van der Waals surface area contributed by atoms with Crippen molar-refractivity contribution in [3.63, 3.8) is 0 Å². The van der Waals surface area contributed by atoms with E-state index in [1.165, 1.54) is 0 Å². The summed E-state index contributed by atoms with van der Waals surface area (Å²) in [5.74, 6) is -0.362.